The molecule has 2 aromatic carbocycles. The minimum atomic E-state index is -0.547. The van der Waals surface area contributed by atoms with Crippen molar-refractivity contribution < 1.29 is 4.79 Å². The van der Waals surface area contributed by atoms with E-state index in [1.807, 2.05) is 75.4 Å². The summed E-state index contributed by atoms with van der Waals surface area (Å²) in [5, 5.41) is 6.14. The van der Waals surface area contributed by atoms with Gasteiger partial charge in [-0.25, -0.2) is 0 Å². The highest BCUT2D eigenvalue weighted by molar-refractivity contribution is 5.95. The van der Waals surface area contributed by atoms with Crippen LogP contribution in [0.25, 0.3) is 0 Å². The highest BCUT2D eigenvalue weighted by Gasteiger charge is 2.27. The summed E-state index contributed by atoms with van der Waals surface area (Å²) in [5.74, 6) is -0.170. The van der Waals surface area contributed by atoms with Crippen LogP contribution in [-0.4, -0.2) is 11.9 Å². The normalized spacial score (nSPS) is 12.0. The highest BCUT2D eigenvalue weighted by Crippen LogP contribution is 2.21. The van der Waals surface area contributed by atoms with Crippen molar-refractivity contribution in [2.75, 3.05) is 10.6 Å². The molecule has 0 heterocycles. The van der Waals surface area contributed by atoms with E-state index in [0.29, 0.717) is 0 Å². The monoisotopic (exact) mass is 333 g/mol. The topological polar surface area (TPSA) is 67.2 Å². The Morgan fingerprint density at radius 1 is 0.913 bits per heavy atom. The van der Waals surface area contributed by atoms with Gasteiger partial charge in [-0.2, -0.15) is 0 Å². The lowest BCUT2D eigenvalue weighted by Gasteiger charge is -2.25. The number of hydrogen-bond donors (Lipinski definition) is 3. The molecule has 2 rings (SSSR count). The Kier molecular flexibility index (Phi) is 6.61. The minimum Gasteiger partial charge on any atom is -0.356 e. The van der Waals surface area contributed by atoms with Crippen LogP contribution in [-0.2, 0) is 4.79 Å². The fourth-order valence-corrected chi connectivity index (χ4v) is 1.94. The molecule has 0 radical (unpaired) electrons. The second-order valence-corrected chi connectivity index (χ2v) is 6.40. The van der Waals surface area contributed by atoms with Crippen LogP contribution < -0.4 is 16.4 Å². The van der Waals surface area contributed by atoms with Crippen molar-refractivity contribution in [1.29, 1.82) is 0 Å². The van der Waals surface area contributed by atoms with Gasteiger partial charge in [0, 0.05) is 17.1 Å². The third-order valence-corrected chi connectivity index (χ3v) is 3.43. The fourth-order valence-electron chi connectivity index (χ4n) is 1.94. The molecule has 5 heteroatoms. The zero-order valence-corrected chi connectivity index (χ0v) is 14.5. The van der Waals surface area contributed by atoms with Gasteiger partial charge in [0.2, 0.25) is 5.91 Å². The van der Waals surface area contributed by atoms with Gasteiger partial charge in [-0.05, 0) is 41.8 Å². The number of rotatable bonds is 4. The van der Waals surface area contributed by atoms with Crippen LogP contribution in [0.1, 0.15) is 20.8 Å². The minimum absolute atomic E-state index is 0. The van der Waals surface area contributed by atoms with E-state index in [-0.39, 0.29) is 23.7 Å². The molecule has 0 unspecified atom stereocenters. The van der Waals surface area contributed by atoms with Crippen molar-refractivity contribution >= 4 is 35.4 Å². The predicted octanol–water partition coefficient (Wildman–Crippen LogP) is 4.16. The lowest BCUT2D eigenvalue weighted by atomic mass is 9.87. The first kappa shape index (κ1) is 19.0. The third-order valence-electron chi connectivity index (χ3n) is 3.43. The molecule has 2 aromatic rings. The quantitative estimate of drug-likeness (QED) is 0.786. The van der Waals surface area contributed by atoms with Crippen LogP contribution in [0.3, 0.4) is 0 Å². The van der Waals surface area contributed by atoms with E-state index in [4.69, 9.17) is 5.73 Å². The van der Waals surface area contributed by atoms with Gasteiger partial charge in [0.25, 0.3) is 0 Å². The Labute approximate surface area is 143 Å². The number of benzene rings is 2. The number of para-hydroxylation sites is 1. The van der Waals surface area contributed by atoms with Gasteiger partial charge >= 0.3 is 0 Å². The summed E-state index contributed by atoms with van der Waals surface area (Å²) in [4.78, 5) is 12.1. The Morgan fingerprint density at radius 2 is 1.39 bits per heavy atom. The molecule has 1 atom stereocenters. The maximum atomic E-state index is 12.1. The molecular formula is C18H24ClN3O. The molecule has 23 heavy (non-hydrogen) atoms. The second-order valence-electron chi connectivity index (χ2n) is 6.40. The largest absolute Gasteiger partial charge is 0.356 e. The highest BCUT2D eigenvalue weighted by atomic mass is 35.5. The molecular weight excluding hydrogens is 310 g/mol. The summed E-state index contributed by atoms with van der Waals surface area (Å²) in [6.07, 6.45) is 0. The first-order valence-electron chi connectivity index (χ1n) is 7.35. The molecule has 0 spiro atoms. The molecule has 4 nitrogen and oxygen atoms in total. The van der Waals surface area contributed by atoms with E-state index < -0.39 is 6.04 Å². The first-order valence-corrected chi connectivity index (χ1v) is 7.35. The summed E-state index contributed by atoms with van der Waals surface area (Å²) >= 11 is 0. The van der Waals surface area contributed by atoms with Crippen molar-refractivity contribution in [3.8, 4) is 0 Å². The fraction of sp³-hybridized carbons (Fsp3) is 0.278. The summed E-state index contributed by atoms with van der Waals surface area (Å²) in [7, 11) is 0. The molecule has 0 bridgehead atoms. The van der Waals surface area contributed by atoms with E-state index in [9.17, 15) is 4.79 Å². The summed E-state index contributed by atoms with van der Waals surface area (Å²) in [6.45, 7) is 5.85. The number of nitrogens with one attached hydrogen (secondary N) is 2. The van der Waals surface area contributed by atoms with Crippen molar-refractivity contribution in [2.45, 2.75) is 26.8 Å². The van der Waals surface area contributed by atoms with Crippen molar-refractivity contribution in [2.24, 2.45) is 11.1 Å². The lowest BCUT2D eigenvalue weighted by molar-refractivity contribution is -0.119. The van der Waals surface area contributed by atoms with Gasteiger partial charge in [-0.3, -0.25) is 4.79 Å². The SMILES string of the molecule is CC(C)(C)[C@H](N)C(=O)Nc1ccc(Nc2ccccc2)cc1.Cl. The zero-order chi connectivity index (χ0) is 16.2. The maximum absolute atomic E-state index is 12.1. The predicted molar refractivity (Wildman–Crippen MR) is 99.5 cm³/mol. The van der Waals surface area contributed by atoms with Gasteiger partial charge in [-0.1, -0.05) is 39.0 Å². The first-order chi connectivity index (χ1) is 10.4. The summed E-state index contributed by atoms with van der Waals surface area (Å²) in [5.41, 5.74) is 8.41. The number of anilines is 3. The van der Waals surface area contributed by atoms with E-state index in [1.165, 1.54) is 0 Å². The van der Waals surface area contributed by atoms with Crippen molar-refractivity contribution in [3.05, 3.63) is 54.6 Å². The molecule has 0 saturated carbocycles. The number of amides is 1. The summed E-state index contributed by atoms with van der Waals surface area (Å²) in [6, 6.07) is 16.9. The van der Waals surface area contributed by atoms with Gasteiger partial charge < -0.3 is 16.4 Å². The van der Waals surface area contributed by atoms with Crippen LogP contribution >= 0.6 is 12.4 Å². The van der Waals surface area contributed by atoms with Crippen molar-refractivity contribution in [1.82, 2.24) is 0 Å². The standard InChI is InChI=1S/C18H23N3O.ClH/c1-18(2,3)16(19)17(22)21-15-11-9-14(10-12-15)20-13-7-5-4-6-8-13;/h4-12,16,20H,19H2,1-3H3,(H,21,22);1H/t16-;/m1./s1. The maximum Gasteiger partial charge on any atom is 0.241 e. The van der Waals surface area contributed by atoms with Crippen LogP contribution in [0.2, 0.25) is 0 Å². The summed E-state index contributed by atoms with van der Waals surface area (Å²) < 4.78 is 0. The van der Waals surface area contributed by atoms with E-state index >= 15 is 0 Å². The number of carbonyl (C=O) groups is 1. The molecule has 1 amide bonds. The Bertz CT molecular complexity index is 621. The molecule has 0 aliphatic rings. The smallest absolute Gasteiger partial charge is 0.241 e. The number of hydrogen-bond acceptors (Lipinski definition) is 3. The molecule has 0 saturated heterocycles. The lowest BCUT2D eigenvalue weighted by Crippen LogP contribution is -2.45. The van der Waals surface area contributed by atoms with Crippen molar-refractivity contribution in [3.63, 3.8) is 0 Å². The number of carbonyl (C=O) groups excluding carboxylic acids is 1. The van der Waals surface area contributed by atoms with E-state index in [1.54, 1.807) is 0 Å². The molecule has 4 N–H and O–H groups in total. The number of halogens is 1. The van der Waals surface area contributed by atoms with Gasteiger partial charge in [0.1, 0.15) is 0 Å². The Hall–Kier alpha value is -2.04. The van der Waals surface area contributed by atoms with Crippen LogP contribution in [0.5, 0.6) is 0 Å². The van der Waals surface area contributed by atoms with Crippen LogP contribution in [0.4, 0.5) is 17.1 Å². The Morgan fingerprint density at radius 3 is 1.91 bits per heavy atom. The average molecular weight is 334 g/mol. The van der Waals surface area contributed by atoms with Crippen LogP contribution in [0.15, 0.2) is 54.6 Å². The molecule has 0 aromatic heterocycles. The third kappa shape index (κ3) is 5.58. The van der Waals surface area contributed by atoms with Crippen LogP contribution in [0, 0.1) is 5.41 Å². The van der Waals surface area contributed by atoms with Gasteiger partial charge in [-0.15, -0.1) is 12.4 Å². The van der Waals surface area contributed by atoms with Gasteiger partial charge in [0.15, 0.2) is 0 Å². The molecule has 0 fully saturated rings. The average Bonchev–Trinajstić information content (AvgIpc) is 2.48. The van der Waals surface area contributed by atoms with E-state index in [0.717, 1.165) is 17.1 Å². The second kappa shape index (κ2) is 7.99. The van der Waals surface area contributed by atoms with E-state index in [2.05, 4.69) is 10.6 Å². The molecule has 0 aliphatic heterocycles. The molecule has 0 aliphatic carbocycles. The molecule has 124 valence electrons. The zero-order valence-electron chi connectivity index (χ0n) is 13.7. The van der Waals surface area contributed by atoms with Gasteiger partial charge in [0.05, 0.1) is 6.04 Å². The number of nitrogens with two attached hydrogens (primary N) is 1. The Balaban J connectivity index is 0.00000264.